The number of nitrogens with two attached hydrogens (primary N) is 3. The van der Waals surface area contributed by atoms with Gasteiger partial charge in [0.2, 0.25) is 17.7 Å². The minimum atomic E-state index is -1.24. The molecule has 0 radical (unpaired) electrons. The monoisotopic (exact) mass is 635 g/mol. The van der Waals surface area contributed by atoms with Crippen LogP contribution in [-0.4, -0.2) is 89.7 Å². The number of unbranched alkanes of at least 4 members (excludes halogenated alkanes) is 2. The molecular weight excluding hydrogens is 582 g/mol. The number of carboxylic acids is 1. The Morgan fingerprint density at radius 3 is 1.98 bits per heavy atom. The summed E-state index contributed by atoms with van der Waals surface area (Å²) in [6.45, 7) is 5.45. The first-order valence-electron chi connectivity index (χ1n) is 15.5. The van der Waals surface area contributed by atoms with Crippen molar-refractivity contribution < 1.29 is 29.4 Å². The Labute approximate surface area is 265 Å². The topological polar surface area (TPSA) is 271 Å². The highest BCUT2D eigenvalue weighted by Crippen LogP contribution is 2.13. The quantitative estimate of drug-likeness (QED) is 0.0409. The number of carbonyl (C=O) groups excluding carboxylic acids is 3. The van der Waals surface area contributed by atoms with E-state index in [1.807, 2.05) is 13.8 Å². The van der Waals surface area contributed by atoms with Gasteiger partial charge in [0.1, 0.15) is 23.9 Å². The molecule has 0 saturated carbocycles. The predicted molar refractivity (Wildman–Crippen MR) is 172 cm³/mol. The molecule has 1 aromatic rings. The van der Waals surface area contributed by atoms with E-state index in [0.29, 0.717) is 57.2 Å². The Bertz CT molecular complexity index is 1070. The zero-order valence-corrected chi connectivity index (χ0v) is 26.4. The van der Waals surface area contributed by atoms with Crippen molar-refractivity contribution in [1.29, 1.82) is 5.41 Å². The molecule has 0 unspecified atom stereocenters. The number of phenolic OH excluding ortho intramolecular Hbond substituents is 1. The van der Waals surface area contributed by atoms with Gasteiger partial charge in [-0.15, -0.1) is 0 Å². The van der Waals surface area contributed by atoms with Crippen LogP contribution in [-0.2, 0) is 25.6 Å². The number of rotatable bonds is 23. The molecule has 3 amide bonds. The van der Waals surface area contributed by atoms with Gasteiger partial charge in [-0.2, -0.15) is 0 Å². The summed E-state index contributed by atoms with van der Waals surface area (Å²) in [7, 11) is 0. The van der Waals surface area contributed by atoms with Crippen LogP contribution in [0.25, 0.3) is 0 Å². The second kappa shape index (κ2) is 21.7. The third kappa shape index (κ3) is 17.2. The lowest BCUT2D eigenvalue weighted by atomic mass is 10.0. The maximum Gasteiger partial charge on any atom is 0.326 e. The van der Waals surface area contributed by atoms with Crippen LogP contribution in [0.3, 0.4) is 0 Å². The van der Waals surface area contributed by atoms with Gasteiger partial charge < -0.3 is 54.0 Å². The van der Waals surface area contributed by atoms with Gasteiger partial charge in [-0.25, -0.2) is 4.79 Å². The minimum absolute atomic E-state index is 0.0412. The van der Waals surface area contributed by atoms with Crippen molar-refractivity contribution in [3.8, 4) is 5.75 Å². The van der Waals surface area contributed by atoms with Crippen LogP contribution in [0.5, 0.6) is 5.75 Å². The number of hydrogen-bond acceptors (Lipinski definition) is 9. The van der Waals surface area contributed by atoms with E-state index in [1.165, 1.54) is 12.1 Å². The first kappa shape index (κ1) is 39.1. The van der Waals surface area contributed by atoms with E-state index in [9.17, 15) is 29.4 Å². The second-order valence-corrected chi connectivity index (χ2v) is 11.4. The molecule has 0 aliphatic rings. The van der Waals surface area contributed by atoms with Crippen molar-refractivity contribution in [2.45, 2.75) is 102 Å². The molecule has 1 aromatic carbocycles. The Balaban J connectivity index is 3.12. The van der Waals surface area contributed by atoms with Gasteiger partial charge in [-0.05, 0) is 75.7 Å². The molecule has 0 aromatic heterocycles. The fourth-order valence-corrected chi connectivity index (χ4v) is 4.46. The zero-order valence-electron chi connectivity index (χ0n) is 26.4. The van der Waals surface area contributed by atoms with Gasteiger partial charge in [0, 0.05) is 19.0 Å². The number of carboxylic acid groups (broad SMARTS) is 1. The number of hydrogen-bond donors (Lipinski definition) is 11. The third-order valence-corrected chi connectivity index (χ3v) is 7.02. The molecule has 1 rings (SSSR count). The third-order valence-electron chi connectivity index (χ3n) is 7.02. The molecule has 254 valence electrons. The lowest BCUT2D eigenvalue weighted by Gasteiger charge is -2.25. The number of aromatic hydroxyl groups is 1. The summed E-state index contributed by atoms with van der Waals surface area (Å²) in [5.41, 5.74) is 17.5. The van der Waals surface area contributed by atoms with Crippen LogP contribution in [0, 0.1) is 5.41 Å². The van der Waals surface area contributed by atoms with Crippen LogP contribution in [0.15, 0.2) is 24.3 Å². The number of amides is 3. The number of benzene rings is 1. The number of phenols is 1. The highest BCUT2D eigenvalue weighted by atomic mass is 16.4. The predicted octanol–water partition coefficient (Wildman–Crippen LogP) is -0.638. The molecular formula is C30H53N9O6. The van der Waals surface area contributed by atoms with Crippen LogP contribution in [0.4, 0.5) is 0 Å². The van der Waals surface area contributed by atoms with Crippen molar-refractivity contribution in [2.24, 2.45) is 17.2 Å². The summed E-state index contributed by atoms with van der Waals surface area (Å²) in [6.07, 6.45) is 3.67. The first-order valence-corrected chi connectivity index (χ1v) is 15.5. The van der Waals surface area contributed by atoms with E-state index in [-0.39, 0.29) is 43.6 Å². The summed E-state index contributed by atoms with van der Waals surface area (Å²) in [6, 6.07) is 2.16. The normalized spacial score (nSPS) is 13.7. The molecule has 14 N–H and O–H groups in total. The average molecular weight is 636 g/mol. The average Bonchev–Trinajstić information content (AvgIpc) is 2.97. The Morgan fingerprint density at radius 1 is 0.800 bits per heavy atom. The molecule has 4 atom stereocenters. The largest absolute Gasteiger partial charge is 0.508 e. The van der Waals surface area contributed by atoms with E-state index in [4.69, 9.17) is 22.6 Å². The Morgan fingerprint density at radius 2 is 1.38 bits per heavy atom. The number of carbonyl (C=O) groups is 4. The van der Waals surface area contributed by atoms with Crippen LogP contribution < -0.4 is 43.8 Å². The summed E-state index contributed by atoms with van der Waals surface area (Å²) in [4.78, 5) is 51.9. The molecule has 0 heterocycles. The van der Waals surface area contributed by atoms with E-state index in [2.05, 4.69) is 26.6 Å². The minimum Gasteiger partial charge on any atom is -0.508 e. The lowest BCUT2D eigenvalue weighted by molar-refractivity contribution is -0.142. The molecule has 0 bridgehead atoms. The van der Waals surface area contributed by atoms with Crippen molar-refractivity contribution in [3.05, 3.63) is 29.8 Å². The maximum atomic E-state index is 13.6. The Kier molecular flexibility index (Phi) is 18.8. The van der Waals surface area contributed by atoms with E-state index >= 15 is 0 Å². The van der Waals surface area contributed by atoms with E-state index in [1.54, 1.807) is 12.1 Å². The fraction of sp³-hybridized carbons (Fsp3) is 0.633. The van der Waals surface area contributed by atoms with Gasteiger partial charge in [-0.3, -0.25) is 19.8 Å². The molecule has 0 saturated heterocycles. The summed E-state index contributed by atoms with van der Waals surface area (Å²) in [5.74, 6) is -3.27. The highest BCUT2D eigenvalue weighted by Gasteiger charge is 2.30. The molecule has 0 fully saturated rings. The van der Waals surface area contributed by atoms with Crippen molar-refractivity contribution in [1.82, 2.24) is 26.6 Å². The molecule has 15 heteroatoms. The van der Waals surface area contributed by atoms with Crippen molar-refractivity contribution in [2.75, 3.05) is 19.6 Å². The molecule has 0 aliphatic heterocycles. The smallest absolute Gasteiger partial charge is 0.326 e. The highest BCUT2D eigenvalue weighted by molar-refractivity contribution is 5.94. The van der Waals surface area contributed by atoms with Gasteiger partial charge in [0.15, 0.2) is 5.96 Å². The zero-order chi connectivity index (χ0) is 33.8. The fourth-order valence-electron chi connectivity index (χ4n) is 4.46. The number of aliphatic carboxylic acids is 1. The van der Waals surface area contributed by atoms with Crippen molar-refractivity contribution >= 4 is 29.7 Å². The summed E-state index contributed by atoms with van der Waals surface area (Å²) in [5, 5.41) is 40.4. The van der Waals surface area contributed by atoms with Gasteiger partial charge in [0.25, 0.3) is 0 Å². The SMILES string of the molecule is CC(C)NCCCC[C@H](NC(=O)[C@H](Cc1ccc(O)cc1)NC(=O)[C@@H](N)CCCCN)C(=O)N[C@H](CCCNC(=N)N)C(=O)O. The van der Waals surface area contributed by atoms with E-state index < -0.39 is 47.9 Å². The van der Waals surface area contributed by atoms with Crippen molar-refractivity contribution in [3.63, 3.8) is 0 Å². The standard InChI is InChI=1S/C30H53N9O6/c1-19(2)35-16-6-4-9-23(27(42)38-24(29(44)45)10-7-17-36-30(33)34)37-28(43)25(18-20-11-13-21(40)14-12-20)39-26(41)22(32)8-3-5-15-31/h11-14,19,22-25,35,40H,3-10,15-18,31-32H2,1-2H3,(H,37,43)(H,38,42)(H,39,41)(H,44,45)(H4,33,34,36)/t22-,23-,24+,25-/m0/s1. The van der Waals surface area contributed by atoms with Gasteiger partial charge >= 0.3 is 5.97 Å². The summed E-state index contributed by atoms with van der Waals surface area (Å²) < 4.78 is 0. The van der Waals surface area contributed by atoms with Crippen LogP contribution in [0.2, 0.25) is 0 Å². The van der Waals surface area contributed by atoms with Crippen LogP contribution in [0.1, 0.15) is 70.8 Å². The maximum absolute atomic E-state index is 13.6. The summed E-state index contributed by atoms with van der Waals surface area (Å²) >= 11 is 0. The van der Waals surface area contributed by atoms with Gasteiger partial charge in [-0.1, -0.05) is 32.4 Å². The second-order valence-electron chi connectivity index (χ2n) is 11.4. The molecule has 0 spiro atoms. The molecule has 0 aliphatic carbocycles. The van der Waals surface area contributed by atoms with E-state index in [0.717, 1.165) is 0 Å². The molecule has 45 heavy (non-hydrogen) atoms. The Hall–Kier alpha value is -3.95. The first-order chi connectivity index (χ1) is 21.3. The number of nitrogens with one attached hydrogen (secondary N) is 6. The molecule has 15 nitrogen and oxygen atoms in total. The van der Waals surface area contributed by atoms with Crippen LogP contribution >= 0.6 is 0 Å². The lowest BCUT2D eigenvalue weighted by Crippen LogP contribution is -2.57. The number of guanidine groups is 1. The van der Waals surface area contributed by atoms with Gasteiger partial charge in [0.05, 0.1) is 6.04 Å².